The van der Waals surface area contributed by atoms with Crippen molar-refractivity contribution in [1.82, 2.24) is 15.3 Å². The normalized spacial score (nSPS) is 10.5. The minimum absolute atomic E-state index is 0.851. The lowest BCUT2D eigenvalue weighted by Crippen LogP contribution is -2.06. The summed E-state index contributed by atoms with van der Waals surface area (Å²) >= 11 is 0. The van der Waals surface area contributed by atoms with E-state index in [1.807, 2.05) is 32.4 Å². The number of nitrogens with zero attached hydrogens (tertiary/aromatic N) is 2. The lowest BCUT2D eigenvalue weighted by atomic mass is 10.1. The van der Waals surface area contributed by atoms with E-state index in [-0.39, 0.29) is 0 Å². The molecule has 0 aliphatic rings. The van der Waals surface area contributed by atoms with Gasteiger partial charge in [-0.1, -0.05) is 6.07 Å². The van der Waals surface area contributed by atoms with Crippen molar-refractivity contribution in [2.75, 3.05) is 7.05 Å². The lowest BCUT2D eigenvalue weighted by molar-refractivity contribution is 0.812. The quantitative estimate of drug-likeness (QED) is 0.875. The van der Waals surface area contributed by atoms with Crippen molar-refractivity contribution in [3.63, 3.8) is 0 Å². The van der Waals surface area contributed by atoms with Gasteiger partial charge in [-0.3, -0.25) is 9.97 Å². The molecular weight excluding hydrogens is 210 g/mol. The zero-order chi connectivity index (χ0) is 12.3. The van der Waals surface area contributed by atoms with Gasteiger partial charge in [0.2, 0.25) is 0 Å². The molecule has 3 heteroatoms. The van der Waals surface area contributed by atoms with Crippen molar-refractivity contribution < 1.29 is 0 Å². The molecule has 0 aliphatic heterocycles. The van der Waals surface area contributed by atoms with E-state index in [0.29, 0.717) is 0 Å². The molecule has 2 aromatic rings. The van der Waals surface area contributed by atoms with Crippen LogP contribution in [0.3, 0.4) is 0 Å². The molecule has 0 aromatic carbocycles. The maximum absolute atomic E-state index is 4.54. The molecule has 17 heavy (non-hydrogen) atoms. The first-order valence-electron chi connectivity index (χ1n) is 5.74. The van der Waals surface area contributed by atoms with E-state index in [9.17, 15) is 0 Å². The molecule has 88 valence electrons. The second-order valence-corrected chi connectivity index (χ2v) is 4.23. The number of rotatable bonds is 3. The van der Waals surface area contributed by atoms with E-state index in [4.69, 9.17) is 0 Å². The van der Waals surface area contributed by atoms with Crippen molar-refractivity contribution in [3.05, 3.63) is 47.4 Å². The number of nitrogens with one attached hydrogen (secondary N) is 1. The summed E-state index contributed by atoms with van der Waals surface area (Å²) in [5.74, 6) is 0. The average Bonchev–Trinajstić information content (AvgIpc) is 2.29. The van der Waals surface area contributed by atoms with Crippen molar-refractivity contribution in [2.45, 2.75) is 20.4 Å². The number of pyridine rings is 2. The summed E-state index contributed by atoms with van der Waals surface area (Å²) in [6.07, 6.45) is 3.75. The Kier molecular flexibility index (Phi) is 3.49. The summed E-state index contributed by atoms with van der Waals surface area (Å²) in [5.41, 5.74) is 5.59. The zero-order valence-electron chi connectivity index (χ0n) is 10.5. The van der Waals surface area contributed by atoms with Crippen LogP contribution in [0.4, 0.5) is 0 Å². The maximum Gasteiger partial charge on any atom is 0.0732 e. The Hall–Kier alpha value is -1.74. The first kappa shape index (κ1) is 11.7. The van der Waals surface area contributed by atoms with E-state index >= 15 is 0 Å². The highest BCUT2D eigenvalue weighted by Crippen LogP contribution is 2.21. The average molecular weight is 227 g/mol. The van der Waals surface area contributed by atoms with Crippen LogP contribution >= 0.6 is 0 Å². The highest BCUT2D eigenvalue weighted by Gasteiger charge is 2.05. The van der Waals surface area contributed by atoms with Gasteiger partial charge in [0, 0.05) is 30.2 Å². The summed E-state index contributed by atoms with van der Waals surface area (Å²) in [7, 11) is 1.94. The minimum Gasteiger partial charge on any atom is -0.316 e. The van der Waals surface area contributed by atoms with Crippen LogP contribution in [0.5, 0.6) is 0 Å². The number of hydrogen-bond donors (Lipinski definition) is 1. The standard InChI is InChI=1S/C14H17N3/c1-10-6-12(8-15-3)9-17-14(10)13-4-5-16-11(2)7-13/h4-7,9,15H,8H2,1-3H3. The molecule has 3 nitrogen and oxygen atoms in total. The topological polar surface area (TPSA) is 37.8 Å². The second-order valence-electron chi connectivity index (χ2n) is 4.23. The van der Waals surface area contributed by atoms with Crippen LogP contribution in [0, 0.1) is 13.8 Å². The summed E-state index contributed by atoms with van der Waals surface area (Å²) in [4.78, 5) is 8.74. The van der Waals surface area contributed by atoms with Crippen LogP contribution < -0.4 is 5.32 Å². The van der Waals surface area contributed by atoms with E-state index in [2.05, 4.69) is 34.3 Å². The van der Waals surface area contributed by atoms with Gasteiger partial charge in [-0.2, -0.15) is 0 Å². The van der Waals surface area contributed by atoms with Crippen LogP contribution in [0.2, 0.25) is 0 Å². The summed E-state index contributed by atoms with van der Waals surface area (Å²) < 4.78 is 0. The molecule has 1 N–H and O–H groups in total. The van der Waals surface area contributed by atoms with Gasteiger partial charge in [0.1, 0.15) is 0 Å². The summed E-state index contributed by atoms with van der Waals surface area (Å²) in [5, 5.41) is 3.13. The molecule has 2 aromatic heterocycles. The third-order valence-corrected chi connectivity index (χ3v) is 2.69. The van der Waals surface area contributed by atoms with Crippen molar-refractivity contribution in [3.8, 4) is 11.3 Å². The Balaban J connectivity index is 2.39. The van der Waals surface area contributed by atoms with Gasteiger partial charge < -0.3 is 5.32 Å². The molecule has 0 radical (unpaired) electrons. The lowest BCUT2D eigenvalue weighted by Gasteiger charge is -2.08. The fraction of sp³-hybridized carbons (Fsp3) is 0.286. The van der Waals surface area contributed by atoms with Gasteiger partial charge in [0.05, 0.1) is 5.69 Å². The molecule has 0 saturated carbocycles. The molecule has 0 unspecified atom stereocenters. The molecule has 0 bridgehead atoms. The SMILES string of the molecule is CNCc1cnc(-c2ccnc(C)c2)c(C)c1. The van der Waals surface area contributed by atoms with Crippen molar-refractivity contribution in [2.24, 2.45) is 0 Å². The first-order valence-corrected chi connectivity index (χ1v) is 5.74. The van der Waals surface area contributed by atoms with Crippen molar-refractivity contribution in [1.29, 1.82) is 0 Å². The molecular formula is C14H17N3. The second kappa shape index (κ2) is 5.06. The van der Waals surface area contributed by atoms with Crippen LogP contribution in [0.15, 0.2) is 30.6 Å². The molecule has 0 spiro atoms. The molecule has 0 aliphatic carbocycles. The Morgan fingerprint density at radius 2 is 2.00 bits per heavy atom. The van der Waals surface area contributed by atoms with E-state index in [1.54, 1.807) is 0 Å². The van der Waals surface area contributed by atoms with Gasteiger partial charge in [0.15, 0.2) is 0 Å². The predicted molar refractivity (Wildman–Crippen MR) is 69.7 cm³/mol. The molecule has 2 rings (SSSR count). The Bertz CT molecular complexity index is 521. The Morgan fingerprint density at radius 1 is 1.18 bits per heavy atom. The highest BCUT2D eigenvalue weighted by atomic mass is 14.8. The fourth-order valence-corrected chi connectivity index (χ4v) is 1.93. The maximum atomic E-state index is 4.54. The fourth-order valence-electron chi connectivity index (χ4n) is 1.93. The van der Waals surface area contributed by atoms with Crippen LogP contribution in [-0.4, -0.2) is 17.0 Å². The molecule has 0 fully saturated rings. The minimum atomic E-state index is 0.851. The van der Waals surface area contributed by atoms with Crippen molar-refractivity contribution >= 4 is 0 Å². The summed E-state index contributed by atoms with van der Waals surface area (Å²) in [6, 6.07) is 6.24. The van der Waals surface area contributed by atoms with Gasteiger partial charge in [0.25, 0.3) is 0 Å². The molecule has 0 atom stereocenters. The molecule has 0 saturated heterocycles. The van der Waals surface area contributed by atoms with Crippen LogP contribution in [-0.2, 0) is 6.54 Å². The number of hydrogen-bond acceptors (Lipinski definition) is 3. The Labute approximate surface area is 102 Å². The van der Waals surface area contributed by atoms with Crippen LogP contribution in [0.1, 0.15) is 16.8 Å². The van der Waals surface area contributed by atoms with E-state index in [1.165, 1.54) is 11.1 Å². The van der Waals surface area contributed by atoms with E-state index < -0.39 is 0 Å². The smallest absolute Gasteiger partial charge is 0.0732 e. The first-order chi connectivity index (χ1) is 8.20. The predicted octanol–water partition coefficient (Wildman–Crippen LogP) is 2.48. The third kappa shape index (κ3) is 2.68. The van der Waals surface area contributed by atoms with E-state index in [0.717, 1.165) is 23.5 Å². The largest absolute Gasteiger partial charge is 0.316 e. The third-order valence-electron chi connectivity index (χ3n) is 2.69. The van der Waals surface area contributed by atoms with Gasteiger partial charge in [-0.05, 0) is 44.2 Å². The summed E-state index contributed by atoms with van der Waals surface area (Å²) in [6.45, 7) is 4.94. The van der Waals surface area contributed by atoms with Crippen LogP contribution in [0.25, 0.3) is 11.3 Å². The van der Waals surface area contributed by atoms with Gasteiger partial charge >= 0.3 is 0 Å². The Morgan fingerprint density at radius 3 is 2.65 bits per heavy atom. The molecule has 2 heterocycles. The van der Waals surface area contributed by atoms with Gasteiger partial charge in [-0.25, -0.2) is 0 Å². The highest BCUT2D eigenvalue weighted by molar-refractivity contribution is 5.62. The monoisotopic (exact) mass is 227 g/mol. The number of aryl methyl sites for hydroxylation is 2. The molecule has 0 amide bonds. The number of aromatic nitrogens is 2. The van der Waals surface area contributed by atoms with Gasteiger partial charge in [-0.15, -0.1) is 0 Å². The zero-order valence-corrected chi connectivity index (χ0v) is 10.5.